The Bertz CT molecular complexity index is 425. The first-order valence-electron chi connectivity index (χ1n) is 7.90. The highest BCUT2D eigenvalue weighted by molar-refractivity contribution is 5.76. The van der Waals surface area contributed by atoms with Gasteiger partial charge in [-0.1, -0.05) is 44.4 Å². The predicted octanol–water partition coefficient (Wildman–Crippen LogP) is 3.50. The monoisotopic (exact) mass is 274 g/mol. The summed E-state index contributed by atoms with van der Waals surface area (Å²) in [4.78, 5) is 11.9. The highest BCUT2D eigenvalue weighted by Gasteiger charge is 2.15. The van der Waals surface area contributed by atoms with Crippen LogP contribution in [-0.2, 0) is 11.2 Å². The summed E-state index contributed by atoms with van der Waals surface area (Å²) >= 11 is 0. The van der Waals surface area contributed by atoms with Gasteiger partial charge in [-0.15, -0.1) is 0 Å². The maximum absolute atomic E-state index is 11.9. The molecule has 2 N–H and O–H groups in total. The lowest BCUT2D eigenvalue weighted by Crippen LogP contribution is -2.36. The van der Waals surface area contributed by atoms with Crippen LogP contribution in [-0.4, -0.2) is 18.5 Å². The highest BCUT2D eigenvalue weighted by atomic mass is 16.1. The summed E-state index contributed by atoms with van der Waals surface area (Å²) in [6.07, 6.45) is 7.70. The fraction of sp³-hybridized carbons (Fsp3) is 0.588. The minimum Gasteiger partial charge on any atom is -0.384 e. The third-order valence-electron chi connectivity index (χ3n) is 4.04. The lowest BCUT2D eigenvalue weighted by molar-refractivity contribution is -0.121. The summed E-state index contributed by atoms with van der Waals surface area (Å²) in [6, 6.07) is 8.71. The molecule has 0 saturated heterocycles. The fourth-order valence-corrected chi connectivity index (χ4v) is 2.86. The van der Waals surface area contributed by atoms with Crippen LogP contribution in [0.4, 0.5) is 5.69 Å². The zero-order valence-corrected chi connectivity index (χ0v) is 12.5. The van der Waals surface area contributed by atoms with Crippen molar-refractivity contribution in [3.05, 3.63) is 29.8 Å². The number of amides is 1. The maximum atomic E-state index is 11.9. The molecule has 0 heterocycles. The van der Waals surface area contributed by atoms with Crippen LogP contribution in [0.1, 0.15) is 51.0 Å². The second-order valence-electron chi connectivity index (χ2n) is 5.59. The number of benzene rings is 1. The molecule has 0 unspecified atom stereocenters. The Labute approximate surface area is 122 Å². The smallest absolute Gasteiger partial charge is 0.221 e. The van der Waals surface area contributed by atoms with Crippen LogP contribution in [0.25, 0.3) is 0 Å². The topological polar surface area (TPSA) is 41.1 Å². The van der Waals surface area contributed by atoms with Gasteiger partial charge in [-0.25, -0.2) is 0 Å². The summed E-state index contributed by atoms with van der Waals surface area (Å²) in [5.74, 6) is 0.179. The van der Waals surface area contributed by atoms with Crippen molar-refractivity contribution in [3.63, 3.8) is 0 Å². The van der Waals surface area contributed by atoms with Crippen molar-refractivity contribution in [1.82, 2.24) is 5.32 Å². The zero-order chi connectivity index (χ0) is 14.2. The maximum Gasteiger partial charge on any atom is 0.221 e. The van der Waals surface area contributed by atoms with E-state index in [0.29, 0.717) is 19.0 Å². The van der Waals surface area contributed by atoms with Crippen molar-refractivity contribution in [1.29, 1.82) is 0 Å². The molecule has 20 heavy (non-hydrogen) atoms. The molecule has 3 heteroatoms. The van der Waals surface area contributed by atoms with Crippen molar-refractivity contribution in [2.45, 2.75) is 57.9 Å². The van der Waals surface area contributed by atoms with Crippen molar-refractivity contribution in [2.24, 2.45) is 0 Å². The molecule has 1 aromatic carbocycles. The second kappa shape index (κ2) is 7.93. The SMILES string of the molecule is CCc1ccccc1NCCC(=O)NC1CCCCC1. The van der Waals surface area contributed by atoms with Crippen LogP contribution in [0.5, 0.6) is 0 Å². The van der Waals surface area contributed by atoms with Crippen LogP contribution in [0.2, 0.25) is 0 Å². The van der Waals surface area contributed by atoms with Gasteiger partial charge < -0.3 is 10.6 Å². The number of para-hydroxylation sites is 1. The lowest BCUT2D eigenvalue weighted by atomic mass is 9.95. The van der Waals surface area contributed by atoms with Crippen LogP contribution < -0.4 is 10.6 Å². The Morgan fingerprint density at radius 2 is 1.95 bits per heavy atom. The van der Waals surface area contributed by atoms with E-state index in [1.54, 1.807) is 0 Å². The summed E-state index contributed by atoms with van der Waals surface area (Å²) in [5, 5.41) is 6.53. The molecule has 0 aromatic heterocycles. The summed E-state index contributed by atoms with van der Waals surface area (Å²) in [7, 11) is 0. The molecular formula is C17H26N2O. The van der Waals surface area contributed by atoms with Gasteiger partial charge in [-0.05, 0) is 30.9 Å². The van der Waals surface area contributed by atoms with Gasteiger partial charge in [0.15, 0.2) is 0 Å². The Morgan fingerprint density at radius 3 is 2.70 bits per heavy atom. The van der Waals surface area contributed by atoms with E-state index < -0.39 is 0 Å². The first-order valence-corrected chi connectivity index (χ1v) is 7.90. The molecule has 110 valence electrons. The highest BCUT2D eigenvalue weighted by Crippen LogP contribution is 2.17. The quantitative estimate of drug-likeness (QED) is 0.833. The number of carbonyl (C=O) groups is 1. The molecule has 1 saturated carbocycles. The molecule has 0 radical (unpaired) electrons. The predicted molar refractivity (Wildman–Crippen MR) is 83.9 cm³/mol. The van der Waals surface area contributed by atoms with Gasteiger partial charge in [-0.3, -0.25) is 4.79 Å². The number of hydrogen-bond acceptors (Lipinski definition) is 2. The lowest BCUT2D eigenvalue weighted by Gasteiger charge is -2.22. The molecule has 1 aromatic rings. The van der Waals surface area contributed by atoms with Gasteiger partial charge in [0.1, 0.15) is 0 Å². The zero-order valence-electron chi connectivity index (χ0n) is 12.5. The molecule has 1 aliphatic rings. The molecular weight excluding hydrogens is 248 g/mol. The van der Waals surface area contributed by atoms with Gasteiger partial charge in [0.2, 0.25) is 5.91 Å². The second-order valence-corrected chi connectivity index (χ2v) is 5.59. The van der Waals surface area contributed by atoms with Crippen molar-refractivity contribution in [3.8, 4) is 0 Å². The first kappa shape index (κ1) is 14.9. The van der Waals surface area contributed by atoms with Gasteiger partial charge in [0, 0.05) is 24.7 Å². The van der Waals surface area contributed by atoms with Crippen molar-refractivity contribution in [2.75, 3.05) is 11.9 Å². The number of carbonyl (C=O) groups excluding carboxylic acids is 1. The van der Waals surface area contributed by atoms with Gasteiger partial charge in [0.05, 0.1) is 0 Å². The van der Waals surface area contributed by atoms with E-state index in [9.17, 15) is 4.79 Å². The number of rotatable bonds is 6. The third kappa shape index (κ3) is 4.55. The fourth-order valence-electron chi connectivity index (χ4n) is 2.86. The largest absolute Gasteiger partial charge is 0.384 e. The van der Waals surface area contributed by atoms with Crippen LogP contribution in [0.3, 0.4) is 0 Å². The first-order chi connectivity index (χ1) is 9.79. The van der Waals surface area contributed by atoms with E-state index in [0.717, 1.165) is 24.9 Å². The van der Waals surface area contributed by atoms with E-state index in [1.807, 2.05) is 6.07 Å². The Kier molecular flexibility index (Phi) is 5.90. The van der Waals surface area contributed by atoms with E-state index in [4.69, 9.17) is 0 Å². The van der Waals surface area contributed by atoms with Crippen molar-refractivity contribution < 1.29 is 4.79 Å². The number of hydrogen-bond donors (Lipinski definition) is 2. The minimum absolute atomic E-state index is 0.179. The van der Waals surface area contributed by atoms with Gasteiger partial charge >= 0.3 is 0 Å². The molecule has 0 spiro atoms. The average molecular weight is 274 g/mol. The molecule has 0 atom stereocenters. The van der Waals surface area contributed by atoms with Crippen LogP contribution >= 0.6 is 0 Å². The van der Waals surface area contributed by atoms with Crippen LogP contribution in [0.15, 0.2) is 24.3 Å². The number of nitrogens with one attached hydrogen (secondary N) is 2. The van der Waals surface area contributed by atoms with Crippen LogP contribution in [0, 0.1) is 0 Å². The normalized spacial score (nSPS) is 15.8. The molecule has 1 amide bonds. The summed E-state index contributed by atoms with van der Waals surface area (Å²) in [5.41, 5.74) is 2.46. The Hall–Kier alpha value is -1.51. The van der Waals surface area contributed by atoms with Gasteiger partial charge in [0.25, 0.3) is 0 Å². The molecule has 2 rings (SSSR count). The standard InChI is InChI=1S/C17H26N2O/c1-2-14-8-6-7-11-16(14)18-13-12-17(20)19-15-9-4-3-5-10-15/h6-8,11,15,18H,2-5,9-10,12-13H2,1H3,(H,19,20). The van der Waals surface area contributed by atoms with Crippen molar-refractivity contribution >= 4 is 11.6 Å². The van der Waals surface area contributed by atoms with Gasteiger partial charge in [-0.2, -0.15) is 0 Å². The average Bonchev–Trinajstić information content (AvgIpc) is 2.49. The Balaban J connectivity index is 1.70. The molecule has 0 bridgehead atoms. The Morgan fingerprint density at radius 1 is 1.20 bits per heavy atom. The number of anilines is 1. The molecule has 0 aliphatic heterocycles. The minimum atomic E-state index is 0.179. The summed E-state index contributed by atoms with van der Waals surface area (Å²) in [6.45, 7) is 2.85. The molecule has 1 aliphatic carbocycles. The number of aryl methyl sites for hydroxylation is 1. The third-order valence-corrected chi connectivity index (χ3v) is 4.04. The summed E-state index contributed by atoms with van der Waals surface area (Å²) < 4.78 is 0. The molecule has 3 nitrogen and oxygen atoms in total. The molecule has 1 fully saturated rings. The van der Waals surface area contributed by atoms with E-state index in [2.05, 4.69) is 35.8 Å². The van der Waals surface area contributed by atoms with E-state index >= 15 is 0 Å². The van der Waals surface area contributed by atoms with E-state index in [-0.39, 0.29) is 5.91 Å². The van der Waals surface area contributed by atoms with E-state index in [1.165, 1.54) is 24.8 Å².